The van der Waals surface area contributed by atoms with Gasteiger partial charge in [0.2, 0.25) is 5.91 Å². The number of aryl methyl sites for hydroxylation is 3. The van der Waals surface area contributed by atoms with Crippen molar-refractivity contribution in [1.29, 1.82) is 0 Å². The summed E-state index contributed by atoms with van der Waals surface area (Å²) in [6, 6.07) is 23.1. The molecule has 0 aliphatic heterocycles. The van der Waals surface area contributed by atoms with E-state index in [0.717, 1.165) is 27.8 Å². The molecule has 0 radical (unpaired) electrons. The van der Waals surface area contributed by atoms with E-state index in [9.17, 15) is 9.59 Å². The largest absolute Gasteiger partial charge is 0.484 e. The zero-order chi connectivity index (χ0) is 26.1. The molecule has 1 N–H and O–H groups in total. The second kappa shape index (κ2) is 12.9. The molecule has 5 nitrogen and oxygen atoms in total. The first-order chi connectivity index (χ1) is 17.2. The summed E-state index contributed by atoms with van der Waals surface area (Å²) in [4.78, 5) is 28.8. The van der Waals surface area contributed by atoms with Gasteiger partial charge in [-0.1, -0.05) is 80.1 Å². The highest BCUT2D eigenvalue weighted by molar-refractivity contribution is 5.88. The van der Waals surface area contributed by atoms with E-state index in [2.05, 4.69) is 31.3 Å². The van der Waals surface area contributed by atoms with Crippen LogP contribution in [0.3, 0.4) is 0 Å². The van der Waals surface area contributed by atoms with Gasteiger partial charge in [0.15, 0.2) is 6.61 Å². The molecule has 3 aromatic rings. The van der Waals surface area contributed by atoms with Gasteiger partial charge in [0.1, 0.15) is 11.8 Å². The normalized spacial score (nSPS) is 11.7. The summed E-state index contributed by atoms with van der Waals surface area (Å²) in [5, 5.41) is 3.05. The third-order valence-electron chi connectivity index (χ3n) is 5.95. The molecule has 0 aliphatic carbocycles. The lowest BCUT2D eigenvalue weighted by atomic mass is 10.0. The van der Waals surface area contributed by atoms with E-state index in [1.807, 2.05) is 81.4 Å². The van der Waals surface area contributed by atoms with Crippen molar-refractivity contribution in [2.45, 2.75) is 53.6 Å². The van der Waals surface area contributed by atoms with Crippen molar-refractivity contribution in [2.24, 2.45) is 5.92 Å². The van der Waals surface area contributed by atoms with E-state index in [4.69, 9.17) is 4.74 Å². The van der Waals surface area contributed by atoms with Crippen LogP contribution in [-0.2, 0) is 22.6 Å². The van der Waals surface area contributed by atoms with Crippen LogP contribution in [0.1, 0.15) is 41.7 Å². The van der Waals surface area contributed by atoms with Gasteiger partial charge in [-0.3, -0.25) is 9.59 Å². The number of nitrogens with zero attached hydrogens (tertiary/aromatic N) is 1. The summed E-state index contributed by atoms with van der Waals surface area (Å²) >= 11 is 0. The predicted octanol–water partition coefficient (Wildman–Crippen LogP) is 5.40. The number of hydrogen-bond acceptors (Lipinski definition) is 3. The van der Waals surface area contributed by atoms with Crippen LogP contribution >= 0.6 is 0 Å². The molecule has 1 atom stereocenters. The van der Waals surface area contributed by atoms with Crippen molar-refractivity contribution in [3.05, 3.63) is 101 Å². The van der Waals surface area contributed by atoms with Crippen molar-refractivity contribution in [3.63, 3.8) is 0 Å². The summed E-state index contributed by atoms with van der Waals surface area (Å²) in [5.41, 5.74) is 5.23. The van der Waals surface area contributed by atoms with Crippen molar-refractivity contribution in [1.82, 2.24) is 10.2 Å². The number of carbonyl (C=O) groups excluding carboxylic acids is 2. The Morgan fingerprint density at radius 2 is 1.50 bits per heavy atom. The minimum atomic E-state index is -0.665. The van der Waals surface area contributed by atoms with Crippen LogP contribution in [-0.4, -0.2) is 35.9 Å². The highest BCUT2D eigenvalue weighted by atomic mass is 16.5. The highest BCUT2D eigenvalue weighted by Crippen LogP contribution is 2.19. The molecule has 190 valence electrons. The van der Waals surface area contributed by atoms with Crippen LogP contribution in [0, 0.1) is 26.7 Å². The molecule has 0 spiro atoms. The van der Waals surface area contributed by atoms with Crippen LogP contribution in [0.2, 0.25) is 0 Å². The maximum absolute atomic E-state index is 13.7. The van der Waals surface area contributed by atoms with E-state index in [1.54, 1.807) is 4.90 Å². The van der Waals surface area contributed by atoms with Crippen molar-refractivity contribution < 1.29 is 14.3 Å². The molecule has 0 bridgehead atoms. The lowest BCUT2D eigenvalue weighted by molar-refractivity contribution is -0.142. The molecule has 0 unspecified atom stereocenters. The Hall–Kier alpha value is -3.60. The van der Waals surface area contributed by atoms with Gasteiger partial charge in [0.25, 0.3) is 5.91 Å². The fourth-order valence-electron chi connectivity index (χ4n) is 4.23. The number of nitrogens with one attached hydrogen (secondary N) is 1. The number of benzene rings is 3. The standard InChI is InChI=1S/C31H38N2O3/c1-22(2)19-32-31(35)29(18-26-11-7-6-8-12-26)33(20-27-13-9-10-23(3)15-27)30(34)21-36-28-16-24(4)14-25(5)17-28/h6-17,22,29H,18-21H2,1-5H3,(H,32,35)/t29-/m0/s1. The van der Waals surface area contributed by atoms with Gasteiger partial charge in [-0.25, -0.2) is 0 Å². The van der Waals surface area contributed by atoms with Crippen LogP contribution in [0.25, 0.3) is 0 Å². The average Bonchev–Trinajstić information content (AvgIpc) is 2.83. The van der Waals surface area contributed by atoms with Gasteiger partial charge in [0.05, 0.1) is 0 Å². The molecule has 3 rings (SSSR count). The van der Waals surface area contributed by atoms with Crippen molar-refractivity contribution in [3.8, 4) is 5.75 Å². The molecule has 36 heavy (non-hydrogen) atoms. The monoisotopic (exact) mass is 486 g/mol. The Balaban J connectivity index is 1.91. The molecule has 0 fully saturated rings. The van der Waals surface area contributed by atoms with Crippen LogP contribution < -0.4 is 10.1 Å². The zero-order valence-electron chi connectivity index (χ0n) is 22.1. The third-order valence-corrected chi connectivity index (χ3v) is 5.95. The Morgan fingerprint density at radius 3 is 2.14 bits per heavy atom. The van der Waals surface area contributed by atoms with E-state index in [0.29, 0.717) is 31.2 Å². The lowest BCUT2D eigenvalue weighted by Gasteiger charge is -2.32. The molecule has 3 aromatic carbocycles. The Labute approximate surface area is 215 Å². The maximum atomic E-state index is 13.7. The summed E-state index contributed by atoms with van der Waals surface area (Å²) in [6.07, 6.45) is 0.422. The number of ether oxygens (including phenoxy) is 1. The fourth-order valence-corrected chi connectivity index (χ4v) is 4.23. The van der Waals surface area contributed by atoms with E-state index < -0.39 is 6.04 Å². The first-order valence-corrected chi connectivity index (χ1v) is 12.6. The Bertz CT molecular complexity index is 1140. The van der Waals surface area contributed by atoms with E-state index in [1.165, 1.54) is 0 Å². The second-order valence-electron chi connectivity index (χ2n) is 9.97. The minimum absolute atomic E-state index is 0.141. The molecule has 5 heteroatoms. The van der Waals surface area contributed by atoms with Crippen molar-refractivity contribution in [2.75, 3.05) is 13.2 Å². The van der Waals surface area contributed by atoms with E-state index in [-0.39, 0.29) is 18.4 Å². The Kier molecular flexibility index (Phi) is 9.69. The van der Waals surface area contributed by atoms with Gasteiger partial charge in [-0.15, -0.1) is 0 Å². The molecular formula is C31H38N2O3. The zero-order valence-corrected chi connectivity index (χ0v) is 22.1. The highest BCUT2D eigenvalue weighted by Gasteiger charge is 2.30. The fraction of sp³-hybridized carbons (Fsp3) is 0.355. The summed E-state index contributed by atoms with van der Waals surface area (Å²) in [6.45, 7) is 10.9. The van der Waals surface area contributed by atoms with Crippen LogP contribution in [0.4, 0.5) is 0 Å². The Morgan fingerprint density at radius 1 is 0.833 bits per heavy atom. The second-order valence-corrected chi connectivity index (χ2v) is 9.97. The summed E-state index contributed by atoms with van der Waals surface area (Å²) in [7, 11) is 0. The molecule has 0 aromatic heterocycles. The third kappa shape index (κ3) is 8.26. The number of hydrogen-bond donors (Lipinski definition) is 1. The quantitative estimate of drug-likeness (QED) is 0.395. The van der Waals surface area contributed by atoms with Gasteiger partial charge >= 0.3 is 0 Å². The molecule has 0 saturated carbocycles. The molecule has 0 saturated heterocycles. The first kappa shape index (κ1) is 27.0. The topological polar surface area (TPSA) is 58.6 Å². The molecule has 0 aliphatic rings. The number of carbonyl (C=O) groups is 2. The molecule has 2 amide bonds. The van der Waals surface area contributed by atoms with Gasteiger partial charge in [-0.2, -0.15) is 0 Å². The average molecular weight is 487 g/mol. The first-order valence-electron chi connectivity index (χ1n) is 12.6. The summed E-state index contributed by atoms with van der Waals surface area (Å²) < 4.78 is 5.93. The maximum Gasteiger partial charge on any atom is 0.261 e. The minimum Gasteiger partial charge on any atom is -0.484 e. The van der Waals surface area contributed by atoms with Gasteiger partial charge in [0, 0.05) is 19.5 Å². The smallest absolute Gasteiger partial charge is 0.261 e. The predicted molar refractivity (Wildman–Crippen MR) is 145 cm³/mol. The van der Waals surface area contributed by atoms with Gasteiger partial charge in [-0.05, 0) is 61.1 Å². The number of rotatable bonds is 11. The summed E-state index contributed by atoms with van der Waals surface area (Å²) in [5.74, 6) is 0.580. The van der Waals surface area contributed by atoms with Crippen LogP contribution in [0.15, 0.2) is 72.8 Å². The van der Waals surface area contributed by atoms with Gasteiger partial charge < -0.3 is 15.0 Å². The number of amides is 2. The SMILES string of the molecule is Cc1cccc(CN(C(=O)COc2cc(C)cc(C)c2)[C@@H](Cc2ccccc2)C(=O)NCC(C)C)c1. The van der Waals surface area contributed by atoms with Crippen molar-refractivity contribution >= 4 is 11.8 Å². The van der Waals surface area contributed by atoms with Crippen LogP contribution in [0.5, 0.6) is 5.75 Å². The lowest BCUT2D eigenvalue weighted by Crippen LogP contribution is -2.52. The molecule has 0 heterocycles. The molecular weight excluding hydrogens is 448 g/mol. The van der Waals surface area contributed by atoms with E-state index >= 15 is 0 Å².